The van der Waals surface area contributed by atoms with Gasteiger partial charge in [-0.1, -0.05) is 24.3 Å². The Labute approximate surface area is 112 Å². The highest BCUT2D eigenvalue weighted by Gasteiger charge is 2.08. The maximum absolute atomic E-state index is 12.0. The summed E-state index contributed by atoms with van der Waals surface area (Å²) in [6.07, 6.45) is 3.44. The average molecular weight is 256 g/mol. The molecule has 19 heavy (non-hydrogen) atoms. The summed E-state index contributed by atoms with van der Waals surface area (Å²) in [5.74, 6) is -0.114. The van der Waals surface area contributed by atoms with Gasteiger partial charge >= 0.3 is 0 Å². The average Bonchev–Trinajstić information content (AvgIpc) is 2.42. The Hall–Kier alpha value is -2.20. The molecule has 0 saturated carbocycles. The lowest BCUT2D eigenvalue weighted by Gasteiger charge is -2.09. The van der Waals surface area contributed by atoms with Gasteiger partial charge in [0.15, 0.2) is 0 Å². The van der Waals surface area contributed by atoms with Crippen LogP contribution in [0.3, 0.4) is 0 Å². The topological polar surface area (TPSA) is 62.2 Å². The second-order valence-electron chi connectivity index (χ2n) is 4.34. The molecule has 2 N–H and O–H groups in total. The van der Waals surface area contributed by atoms with Gasteiger partial charge in [-0.2, -0.15) is 0 Å². The summed E-state index contributed by atoms with van der Waals surface area (Å²) >= 11 is 0. The number of aliphatic hydroxyl groups excluding tert-OH is 1. The van der Waals surface area contributed by atoms with Crippen molar-refractivity contribution in [2.45, 2.75) is 20.0 Å². The molecule has 2 rings (SSSR count). The number of aryl methyl sites for hydroxylation is 1. The third-order valence-corrected chi connectivity index (χ3v) is 2.97. The molecule has 98 valence electrons. The van der Waals surface area contributed by atoms with Crippen LogP contribution in [0.4, 0.5) is 5.69 Å². The van der Waals surface area contributed by atoms with E-state index in [4.69, 9.17) is 0 Å². The number of nitrogens with zero attached hydrogens (tertiary/aromatic N) is 1. The van der Waals surface area contributed by atoms with Crippen LogP contribution >= 0.6 is 0 Å². The quantitative estimate of drug-likeness (QED) is 0.880. The maximum atomic E-state index is 12.0. The molecule has 1 heterocycles. The van der Waals surface area contributed by atoms with Gasteiger partial charge in [0.25, 0.3) is 0 Å². The Kier molecular flexibility index (Phi) is 4.26. The minimum atomic E-state index is -0.123. The van der Waals surface area contributed by atoms with Crippen molar-refractivity contribution in [2.24, 2.45) is 0 Å². The Morgan fingerprint density at radius 2 is 2.05 bits per heavy atom. The fourth-order valence-electron chi connectivity index (χ4n) is 1.85. The fourth-order valence-corrected chi connectivity index (χ4v) is 1.85. The molecule has 0 spiro atoms. The second-order valence-corrected chi connectivity index (χ2v) is 4.34. The van der Waals surface area contributed by atoms with E-state index in [1.807, 2.05) is 31.2 Å². The van der Waals surface area contributed by atoms with Gasteiger partial charge in [-0.05, 0) is 24.1 Å². The van der Waals surface area contributed by atoms with E-state index in [1.54, 1.807) is 18.5 Å². The first-order valence-electron chi connectivity index (χ1n) is 6.09. The number of benzene rings is 1. The molecule has 4 nitrogen and oxygen atoms in total. The monoisotopic (exact) mass is 256 g/mol. The molecule has 1 aromatic carbocycles. The van der Waals surface area contributed by atoms with E-state index in [0.29, 0.717) is 17.7 Å². The van der Waals surface area contributed by atoms with Gasteiger partial charge in [0.1, 0.15) is 0 Å². The Balaban J connectivity index is 2.08. The number of aliphatic hydroxyl groups is 1. The molecule has 0 bridgehead atoms. The first-order valence-corrected chi connectivity index (χ1v) is 6.09. The Bertz CT molecular complexity index is 582. The summed E-state index contributed by atoms with van der Waals surface area (Å²) < 4.78 is 0. The second kappa shape index (κ2) is 6.11. The Morgan fingerprint density at radius 3 is 2.79 bits per heavy atom. The number of hydrogen-bond donors (Lipinski definition) is 2. The third-order valence-electron chi connectivity index (χ3n) is 2.97. The van der Waals surface area contributed by atoms with Crippen LogP contribution in [-0.4, -0.2) is 16.0 Å². The summed E-state index contributed by atoms with van der Waals surface area (Å²) in [4.78, 5) is 15.9. The van der Waals surface area contributed by atoms with Gasteiger partial charge in [-0.15, -0.1) is 0 Å². The number of aromatic nitrogens is 1. The van der Waals surface area contributed by atoms with Gasteiger partial charge < -0.3 is 10.4 Å². The number of amides is 1. The van der Waals surface area contributed by atoms with Gasteiger partial charge in [0.2, 0.25) is 5.91 Å². The highest BCUT2D eigenvalue weighted by Crippen LogP contribution is 2.14. The normalized spacial score (nSPS) is 10.2. The molecule has 0 aliphatic rings. The summed E-state index contributed by atoms with van der Waals surface area (Å²) in [5.41, 5.74) is 3.30. The molecule has 0 fully saturated rings. The summed E-state index contributed by atoms with van der Waals surface area (Å²) in [7, 11) is 0. The third kappa shape index (κ3) is 3.39. The first kappa shape index (κ1) is 13.2. The highest BCUT2D eigenvalue weighted by atomic mass is 16.3. The molecule has 0 radical (unpaired) electrons. The predicted octanol–water partition coefficient (Wildman–Crippen LogP) is 2.06. The van der Waals surface area contributed by atoms with Crippen LogP contribution in [-0.2, 0) is 17.8 Å². The minimum Gasteiger partial charge on any atom is -0.392 e. The van der Waals surface area contributed by atoms with Gasteiger partial charge in [-0.25, -0.2) is 0 Å². The summed E-state index contributed by atoms with van der Waals surface area (Å²) in [5, 5.41) is 12.0. The molecule has 0 saturated heterocycles. The molecule has 0 atom stereocenters. The van der Waals surface area contributed by atoms with E-state index in [2.05, 4.69) is 10.3 Å². The van der Waals surface area contributed by atoms with E-state index in [9.17, 15) is 9.90 Å². The van der Waals surface area contributed by atoms with Gasteiger partial charge in [0, 0.05) is 11.8 Å². The summed E-state index contributed by atoms with van der Waals surface area (Å²) in [6.45, 7) is 1.86. The van der Waals surface area contributed by atoms with Crippen LogP contribution in [0.5, 0.6) is 0 Å². The molecule has 2 aromatic rings. The van der Waals surface area contributed by atoms with E-state index in [1.165, 1.54) is 0 Å². The SMILES string of the molecule is Cc1ccccc1CC(=O)Nc1cnccc1CO. The lowest BCUT2D eigenvalue weighted by atomic mass is 10.1. The maximum Gasteiger partial charge on any atom is 0.228 e. The number of hydrogen-bond acceptors (Lipinski definition) is 3. The van der Waals surface area contributed by atoms with Crippen molar-refractivity contribution < 1.29 is 9.90 Å². The van der Waals surface area contributed by atoms with Crippen molar-refractivity contribution in [3.63, 3.8) is 0 Å². The van der Waals surface area contributed by atoms with Crippen molar-refractivity contribution >= 4 is 11.6 Å². The molecule has 0 unspecified atom stereocenters. The lowest BCUT2D eigenvalue weighted by molar-refractivity contribution is -0.115. The largest absolute Gasteiger partial charge is 0.392 e. The molecule has 4 heteroatoms. The van der Waals surface area contributed by atoms with E-state index >= 15 is 0 Å². The minimum absolute atomic E-state index is 0.114. The number of nitrogens with one attached hydrogen (secondary N) is 1. The van der Waals surface area contributed by atoms with Crippen LogP contribution in [0.1, 0.15) is 16.7 Å². The van der Waals surface area contributed by atoms with Crippen molar-refractivity contribution in [2.75, 3.05) is 5.32 Å². The first-order chi connectivity index (χ1) is 9.20. The van der Waals surface area contributed by atoms with Crippen LogP contribution in [0, 0.1) is 6.92 Å². The Morgan fingerprint density at radius 1 is 1.26 bits per heavy atom. The lowest BCUT2D eigenvalue weighted by Crippen LogP contribution is -2.16. The molecule has 1 aromatic heterocycles. The summed E-state index contributed by atoms with van der Waals surface area (Å²) in [6, 6.07) is 9.46. The smallest absolute Gasteiger partial charge is 0.228 e. The van der Waals surface area contributed by atoms with Crippen LogP contribution in [0.25, 0.3) is 0 Å². The number of rotatable bonds is 4. The van der Waals surface area contributed by atoms with E-state index < -0.39 is 0 Å². The number of carbonyl (C=O) groups is 1. The highest BCUT2D eigenvalue weighted by molar-refractivity contribution is 5.92. The molecule has 1 amide bonds. The van der Waals surface area contributed by atoms with E-state index in [0.717, 1.165) is 11.1 Å². The zero-order chi connectivity index (χ0) is 13.7. The molecule has 0 aliphatic carbocycles. The molecular weight excluding hydrogens is 240 g/mol. The van der Waals surface area contributed by atoms with Crippen LogP contribution in [0.15, 0.2) is 42.7 Å². The number of pyridine rings is 1. The zero-order valence-corrected chi connectivity index (χ0v) is 10.8. The van der Waals surface area contributed by atoms with Crippen molar-refractivity contribution in [1.82, 2.24) is 4.98 Å². The van der Waals surface area contributed by atoms with Gasteiger partial charge in [0.05, 0.1) is 24.9 Å². The van der Waals surface area contributed by atoms with Crippen LogP contribution in [0.2, 0.25) is 0 Å². The number of anilines is 1. The number of carbonyl (C=O) groups excluding carboxylic acids is 1. The van der Waals surface area contributed by atoms with Crippen molar-refractivity contribution in [3.05, 3.63) is 59.4 Å². The predicted molar refractivity (Wildman–Crippen MR) is 73.7 cm³/mol. The standard InChI is InChI=1S/C15H16N2O2/c1-11-4-2-3-5-12(11)8-15(19)17-14-9-16-7-6-13(14)10-18/h2-7,9,18H,8,10H2,1H3,(H,17,19). The molecular formula is C15H16N2O2. The van der Waals surface area contributed by atoms with Gasteiger partial charge in [-0.3, -0.25) is 9.78 Å². The van der Waals surface area contributed by atoms with Crippen molar-refractivity contribution in [3.8, 4) is 0 Å². The van der Waals surface area contributed by atoms with E-state index in [-0.39, 0.29) is 12.5 Å². The zero-order valence-electron chi connectivity index (χ0n) is 10.8. The van der Waals surface area contributed by atoms with Crippen molar-refractivity contribution in [1.29, 1.82) is 0 Å². The van der Waals surface area contributed by atoms with Crippen LogP contribution < -0.4 is 5.32 Å². The molecule has 0 aliphatic heterocycles. The fraction of sp³-hybridized carbons (Fsp3) is 0.200.